The third-order valence-electron chi connectivity index (χ3n) is 2.72. The predicted molar refractivity (Wildman–Crippen MR) is 70.7 cm³/mol. The van der Waals surface area contributed by atoms with Crippen molar-refractivity contribution in [3.8, 4) is 5.75 Å². The van der Waals surface area contributed by atoms with Crippen molar-refractivity contribution in [1.29, 1.82) is 0 Å². The number of hydrogen-bond acceptors (Lipinski definition) is 3. The van der Waals surface area contributed by atoms with Gasteiger partial charge in [-0.2, -0.15) is 0 Å². The molecule has 0 aliphatic heterocycles. The van der Waals surface area contributed by atoms with Crippen LogP contribution in [-0.4, -0.2) is 15.7 Å². The molecule has 0 aliphatic carbocycles. The Hall–Kier alpha value is -2.17. The second-order valence-corrected chi connectivity index (χ2v) is 3.98. The molecule has 0 saturated heterocycles. The van der Waals surface area contributed by atoms with Crippen molar-refractivity contribution in [2.45, 2.75) is 20.0 Å². The highest BCUT2D eigenvalue weighted by atomic mass is 16.5. The molecule has 0 atom stereocenters. The van der Waals surface area contributed by atoms with Gasteiger partial charge >= 0.3 is 5.69 Å². The summed E-state index contributed by atoms with van der Waals surface area (Å²) in [6, 6.07) is 7.25. The fourth-order valence-electron chi connectivity index (χ4n) is 1.73. The van der Waals surface area contributed by atoms with Crippen molar-refractivity contribution in [2.75, 3.05) is 12.3 Å². The number of anilines is 1. The van der Waals surface area contributed by atoms with Gasteiger partial charge in [0.2, 0.25) is 0 Å². The van der Waals surface area contributed by atoms with E-state index in [9.17, 15) is 4.79 Å². The molecule has 0 spiro atoms. The van der Waals surface area contributed by atoms with Gasteiger partial charge in [-0.3, -0.25) is 9.13 Å². The summed E-state index contributed by atoms with van der Waals surface area (Å²) in [6.07, 6.45) is 3.55. The smallest absolute Gasteiger partial charge is 0.328 e. The van der Waals surface area contributed by atoms with E-state index in [0.717, 1.165) is 5.75 Å². The third kappa shape index (κ3) is 2.74. The van der Waals surface area contributed by atoms with E-state index in [1.807, 2.05) is 19.1 Å². The van der Waals surface area contributed by atoms with Crippen LogP contribution in [0.25, 0.3) is 0 Å². The summed E-state index contributed by atoms with van der Waals surface area (Å²) in [5.74, 6) is 0.720. The molecule has 0 radical (unpaired) electrons. The Morgan fingerprint density at radius 2 is 2.06 bits per heavy atom. The first-order valence-corrected chi connectivity index (χ1v) is 5.94. The van der Waals surface area contributed by atoms with Crippen molar-refractivity contribution < 1.29 is 4.74 Å². The van der Waals surface area contributed by atoms with Gasteiger partial charge in [0.25, 0.3) is 0 Å². The maximum Gasteiger partial charge on any atom is 0.328 e. The van der Waals surface area contributed by atoms with Gasteiger partial charge in [-0.15, -0.1) is 0 Å². The van der Waals surface area contributed by atoms with Crippen LogP contribution in [0.5, 0.6) is 5.75 Å². The highest BCUT2D eigenvalue weighted by Crippen LogP contribution is 2.14. The number of aromatic nitrogens is 2. The maximum atomic E-state index is 11.7. The number of imidazole rings is 1. The van der Waals surface area contributed by atoms with Crippen molar-refractivity contribution in [3.63, 3.8) is 0 Å². The Morgan fingerprint density at radius 3 is 2.72 bits per heavy atom. The van der Waals surface area contributed by atoms with E-state index in [1.165, 1.54) is 0 Å². The SMILES string of the molecule is CCn1ccn(CCOc2cccc(N)c2)c1=O. The summed E-state index contributed by atoms with van der Waals surface area (Å²) in [4.78, 5) is 11.7. The van der Waals surface area contributed by atoms with E-state index in [2.05, 4.69) is 0 Å². The van der Waals surface area contributed by atoms with Crippen LogP contribution in [0.4, 0.5) is 5.69 Å². The highest BCUT2D eigenvalue weighted by molar-refractivity contribution is 5.43. The molecule has 0 amide bonds. The molecule has 0 unspecified atom stereocenters. The minimum absolute atomic E-state index is 0.00586. The normalized spacial score (nSPS) is 10.5. The van der Waals surface area contributed by atoms with Gasteiger partial charge in [0.1, 0.15) is 12.4 Å². The standard InChI is InChI=1S/C13H17N3O2/c1-2-15-6-7-16(13(15)17)8-9-18-12-5-3-4-11(14)10-12/h3-7,10H,2,8-9,14H2,1H3. The van der Waals surface area contributed by atoms with E-state index in [1.54, 1.807) is 33.7 Å². The van der Waals surface area contributed by atoms with Crippen LogP contribution in [0.3, 0.4) is 0 Å². The van der Waals surface area contributed by atoms with Gasteiger partial charge in [-0.05, 0) is 19.1 Å². The summed E-state index contributed by atoms with van der Waals surface area (Å²) in [5.41, 5.74) is 6.31. The third-order valence-corrected chi connectivity index (χ3v) is 2.72. The van der Waals surface area contributed by atoms with E-state index in [0.29, 0.717) is 25.4 Å². The van der Waals surface area contributed by atoms with E-state index in [-0.39, 0.29) is 5.69 Å². The van der Waals surface area contributed by atoms with E-state index >= 15 is 0 Å². The Bertz CT molecular complexity index is 572. The van der Waals surface area contributed by atoms with Crippen LogP contribution < -0.4 is 16.2 Å². The lowest BCUT2D eigenvalue weighted by molar-refractivity contribution is 0.296. The Balaban J connectivity index is 1.92. The van der Waals surface area contributed by atoms with Crippen LogP contribution in [-0.2, 0) is 13.1 Å². The Morgan fingerprint density at radius 1 is 1.28 bits per heavy atom. The van der Waals surface area contributed by atoms with E-state index in [4.69, 9.17) is 10.5 Å². The maximum absolute atomic E-state index is 11.7. The number of benzene rings is 1. The van der Waals surface area contributed by atoms with Crippen LogP contribution in [0.2, 0.25) is 0 Å². The molecule has 2 N–H and O–H groups in total. The molecule has 5 heteroatoms. The average Bonchev–Trinajstić information content (AvgIpc) is 2.71. The average molecular weight is 247 g/mol. The number of aryl methyl sites for hydroxylation is 1. The van der Waals surface area contributed by atoms with Crippen molar-refractivity contribution in [2.24, 2.45) is 0 Å². The van der Waals surface area contributed by atoms with Crippen LogP contribution in [0, 0.1) is 0 Å². The molecule has 1 aromatic heterocycles. The molecular formula is C13H17N3O2. The van der Waals surface area contributed by atoms with Gasteiger partial charge in [-0.25, -0.2) is 4.79 Å². The first kappa shape index (κ1) is 12.3. The largest absolute Gasteiger partial charge is 0.492 e. The number of nitrogens with zero attached hydrogens (tertiary/aromatic N) is 2. The number of nitrogens with two attached hydrogens (primary N) is 1. The second kappa shape index (κ2) is 5.44. The topological polar surface area (TPSA) is 62.2 Å². The second-order valence-electron chi connectivity index (χ2n) is 3.98. The van der Waals surface area contributed by atoms with Gasteiger partial charge in [0.15, 0.2) is 0 Å². The minimum Gasteiger partial charge on any atom is -0.492 e. The number of ether oxygens (including phenoxy) is 1. The van der Waals surface area contributed by atoms with Crippen molar-refractivity contribution in [1.82, 2.24) is 9.13 Å². The zero-order valence-electron chi connectivity index (χ0n) is 10.4. The number of hydrogen-bond donors (Lipinski definition) is 1. The van der Waals surface area contributed by atoms with Gasteiger partial charge in [0.05, 0.1) is 6.54 Å². The lowest BCUT2D eigenvalue weighted by Gasteiger charge is -2.06. The summed E-state index contributed by atoms with van der Waals surface area (Å²) < 4.78 is 8.83. The monoisotopic (exact) mass is 247 g/mol. The lowest BCUT2D eigenvalue weighted by atomic mass is 10.3. The molecule has 1 heterocycles. The fourth-order valence-corrected chi connectivity index (χ4v) is 1.73. The highest BCUT2D eigenvalue weighted by Gasteiger charge is 2.01. The van der Waals surface area contributed by atoms with Crippen LogP contribution in [0.15, 0.2) is 41.5 Å². The molecule has 0 aliphatic rings. The minimum atomic E-state index is -0.00586. The summed E-state index contributed by atoms with van der Waals surface area (Å²) in [7, 11) is 0. The summed E-state index contributed by atoms with van der Waals surface area (Å²) in [6.45, 7) is 3.59. The number of rotatable bonds is 5. The van der Waals surface area contributed by atoms with Gasteiger partial charge < -0.3 is 10.5 Å². The summed E-state index contributed by atoms with van der Waals surface area (Å²) in [5, 5.41) is 0. The lowest BCUT2D eigenvalue weighted by Crippen LogP contribution is -2.25. The molecule has 5 nitrogen and oxygen atoms in total. The molecule has 96 valence electrons. The molecule has 2 aromatic rings. The zero-order valence-corrected chi connectivity index (χ0v) is 10.4. The molecule has 1 aromatic carbocycles. The first-order valence-electron chi connectivity index (χ1n) is 5.94. The Labute approximate surface area is 105 Å². The molecule has 2 rings (SSSR count). The van der Waals surface area contributed by atoms with Crippen molar-refractivity contribution in [3.05, 3.63) is 47.1 Å². The molecule has 0 fully saturated rings. The fraction of sp³-hybridized carbons (Fsp3) is 0.308. The molecular weight excluding hydrogens is 230 g/mol. The summed E-state index contributed by atoms with van der Waals surface area (Å²) >= 11 is 0. The Kier molecular flexibility index (Phi) is 3.72. The van der Waals surface area contributed by atoms with Crippen molar-refractivity contribution >= 4 is 5.69 Å². The molecule has 18 heavy (non-hydrogen) atoms. The van der Waals surface area contributed by atoms with Crippen LogP contribution in [0.1, 0.15) is 6.92 Å². The van der Waals surface area contributed by atoms with Gasteiger partial charge in [-0.1, -0.05) is 6.07 Å². The van der Waals surface area contributed by atoms with Crippen LogP contribution >= 0.6 is 0 Å². The number of nitrogen functional groups attached to an aromatic ring is 1. The van der Waals surface area contributed by atoms with Gasteiger partial charge in [0, 0.05) is 30.7 Å². The zero-order chi connectivity index (χ0) is 13.0. The van der Waals surface area contributed by atoms with E-state index < -0.39 is 0 Å². The predicted octanol–water partition coefficient (Wildman–Crippen LogP) is 1.33. The molecule has 0 bridgehead atoms. The first-order chi connectivity index (χ1) is 8.70. The molecule has 0 saturated carbocycles. The quantitative estimate of drug-likeness (QED) is 0.811.